The van der Waals surface area contributed by atoms with Gasteiger partial charge in [0.2, 0.25) is 0 Å². The fraction of sp³-hybridized carbons (Fsp3) is 0.500. The zero-order chi connectivity index (χ0) is 7.15. The van der Waals surface area contributed by atoms with Crippen LogP contribution in [-0.2, 0) is 9.59 Å². The lowest BCUT2D eigenvalue weighted by Gasteiger charge is -1.59. The smallest absolute Gasteiger partial charge is 0.300 e. The van der Waals surface area contributed by atoms with Crippen LogP contribution in [-0.4, -0.2) is 39.5 Å². The molecule has 2 N–H and O–H groups in total. The highest BCUT2D eigenvalue weighted by Gasteiger charge is 1.65. The molecule has 0 aliphatic heterocycles. The van der Waals surface area contributed by atoms with E-state index in [0.29, 0.717) is 0 Å². The second kappa shape index (κ2) is 10.5. The van der Waals surface area contributed by atoms with Crippen molar-refractivity contribution in [1.82, 2.24) is 0 Å². The van der Waals surface area contributed by atoms with Crippen LogP contribution in [0.5, 0.6) is 0 Å². The quantitative estimate of drug-likeness (QED) is 0.434. The average molecular weight is 150 g/mol. The molecular formula is C4H11AlO4. The maximum Gasteiger partial charge on any atom is 0.300 e. The van der Waals surface area contributed by atoms with Gasteiger partial charge in [-0.15, -0.1) is 0 Å². The highest BCUT2D eigenvalue weighted by atomic mass is 27.0. The Balaban J connectivity index is -0.0000000720. The first-order valence-corrected chi connectivity index (χ1v) is 1.86. The van der Waals surface area contributed by atoms with Crippen LogP contribution in [0, 0.1) is 0 Å². The molecule has 0 amide bonds. The Bertz CT molecular complexity index is 70.6. The Hall–Kier alpha value is -0.528. The lowest BCUT2D eigenvalue weighted by atomic mass is 10.9. The molecule has 0 unspecified atom stereocenters. The fourth-order valence-electron chi connectivity index (χ4n) is 0. The zero-order valence-corrected chi connectivity index (χ0v) is 4.71. The summed E-state index contributed by atoms with van der Waals surface area (Å²) < 4.78 is 0. The lowest BCUT2D eigenvalue weighted by molar-refractivity contribution is -0.135. The van der Waals surface area contributed by atoms with Crippen LogP contribution in [0.1, 0.15) is 13.8 Å². The first kappa shape index (κ1) is 15.8. The van der Waals surface area contributed by atoms with Crippen LogP contribution >= 0.6 is 0 Å². The summed E-state index contributed by atoms with van der Waals surface area (Å²) in [7, 11) is 0. The van der Waals surface area contributed by atoms with E-state index in [2.05, 4.69) is 0 Å². The largest absolute Gasteiger partial charge is 0.481 e. The van der Waals surface area contributed by atoms with E-state index in [1.54, 1.807) is 0 Å². The van der Waals surface area contributed by atoms with Crippen LogP contribution in [0.2, 0.25) is 0 Å². The summed E-state index contributed by atoms with van der Waals surface area (Å²) in [5.74, 6) is -1.67. The fourth-order valence-corrected chi connectivity index (χ4v) is 0. The molecule has 4 nitrogen and oxygen atoms in total. The number of aliphatic carboxylic acids is 2. The van der Waals surface area contributed by atoms with Gasteiger partial charge in [0.15, 0.2) is 17.4 Å². The molecule has 0 bridgehead atoms. The molecule has 5 heteroatoms. The normalized spacial score (nSPS) is 5.56. The van der Waals surface area contributed by atoms with Gasteiger partial charge in [0.25, 0.3) is 11.9 Å². The molecule has 0 heterocycles. The molecule has 0 aliphatic carbocycles. The standard InChI is InChI=1S/2C2H4O2.Al.3H/c2*1-2(3)4;;;;/h2*1H3,(H,3,4);;;;. The second-order valence-corrected chi connectivity index (χ2v) is 1.04. The molecule has 0 spiro atoms. The highest BCUT2D eigenvalue weighted by molar-refractivity contribution is 5.75. The molecule has 0 aromatic rings. The SMILES string of the molecule is CC(=O)O.CC(=O)O.[AlH3]. The van der Waals surface area contributed by atoms with Gasteiger partial charge in [0, 0.05) is 13.8 Å². The minimum atomic E-state index is -0.833. The van der Waals surface area contributed by atoms with E-state index in [-0.39, 0.29) is 17.4 Å². The van der Waals surface area contributed by atoms with Gasteiger partial charge in [0.05, 0.1) is 0 Å². The summed E-state index contributed by atoms with van der Waals surface area (Å²) in [4.78, 5) is 18.0. The number of carbonyl (C=O) groups is 2. The number of hydrogen-bond acceptors (Lipinski definition) is 2. The number of hydrogen-bond donors (Lipinski definition) is 2. The highest BCUT2D eigenvalue weighted by Crippen LogP contribution is 1.42. The molecule has 0 aliphatic rings. The molecule has 0 aromatic heterocycles. The van der Waals surface area contributed by atoms with E-state index in [1.807, 2.05) is 0 Å². The predicted molar refractivity (Wildman–Crippen MR) is 36.6 cm³/mol. The number of carboxylic acid groups (broad SMARTS) is 2. The Labute approximate surface area is 63.6 Å². The van der Waals surface area contributed by atoms with Gasteiger partial charge >= 0.3 is 0 Å². The molecule has 0 rings (SSSR count). The van der Waals surface area contributed by atoms with Gasteiger partial charge in [0.1, 0.15) is 0 Å². The van der Waals surface area contributed by atoms with E-state index in [4.69, 9.17) is 19.8 Å². The molecule has 0 aromatic carbocycles. The van der Waals surface area contributed by atoms with Crippen LogP contribution in [0.25, 0.3) is 0 Å². The van der Waals surface area contributed by atoms with Crippen molar-refractivity contribution in [1.29, 1.82) is 0 Å². The van der Waals surface area contributed by atoms with Crippen LogP contribution in [0.15, 0.2) is 0 Å². The van der Waals surface area contributed by atoms with E-state index < -0.39 is 11.9 Å². The van der Waals surface area contributed by atoms with Gasteiger partial charge in [-0.05, 0) is 0 Å². The minimum absolute atomic E-state index is 0. The van der Waals surface area contributed by atoms with Crippen molar-refractivity contribution in [2.45, 2.75) is 13.8 Å². The van der Waals surface area contributed by atoms with Gasteiger partial charge < -0.3 is 10.2 Å². The van der Waals surface area contributed by atoms with E-state index in [9.17, 15) is 0 Å². The molecular weight excluding hydrogens is 139 g/mol. The first-order valence-electron chi connectivity index (χ1n) is 1.86. The zero-order valence-electron chi connectivity index (χ0n) is 4.71. The lowest BCUT2D eigenvalue weighted by Crippen LogP contribution is -1.78. The van der Waals surface area contributed by atoms with Crippen LogP contribution in [0.3, 0.4) is 0 Å². The Morgan fingerprint density at radius 2 is 1.00 bits per heavy atom. The number of carboxylic acids is 2. The van der Waals surface area contributed by atoms with E-state index >= 15 is 0 Å². The van der Waals surface area contributed by atoms with Gasteiger partial charge in [-0.2, -0.15) is 0 Å². The van der Waals surface area contributed by atoms with E-state index in [0.717, 1.165) is 13.8 Å². The van der Waals surface area contributed by atoms with Crippen molar-refractivity contribution in [2.75, 3.05) is 0 Å². The maximum atomic E-state index is 9.00. The number of rotatable bonds is 0. The van der Waals surface area contributed by atoms with Crippen LogP contribution in [0.4, 0.5) is 0 Å². The molecule has 0 radical (unpaired) electrons. The topological polar surface area (TPSA) is 74.6 Å². The second-order valence-electron chi connectivity index (χ2n) is 1.04. The van der Waals surface area contributed by atoms with Crippen molar-refractivity contribution in [2.24, 2.45) is 0 Å². The molecule has 54 valence electrons. The monoisotopic (exact) mass is 150 g/mol. The Morgan fingerprint density at radius 1 is 1.00 bits per heavy atom. The average Bonchev–Trinajstić information content (AvgIpc) is 1.25. The van der Waals surface area contributed by atoms with Crippen molar-refractivity contribution in [3.63, 3.8) is 0 Å². The van der Waals surface area contributed by atoms with Gasteiger partial charge in [-0.1, -0.05) is 0 Å². The third kappa shape index (κ3) is 804. The summed E-state index contributed by atoms with van der Waals surface area (Å²) in [6, 6.07) is 0. The summed E-state index contributed by atoms with van der Waals surface area (Å²) in [5, 5.41) is 14.8. The summed E-state index contributed by atoms with van der Waals surface area (Å²) in [6.07, 6.45) is 0. The molecule has 9 heavy (non-hydrogen) atoms. The van der Waals surface area contributed by atoms with Crippen molar-refractivity contribution < 1.29 is 19.8 Å². The Morgan fingerprint density at radius 3 is 1.00 bits per heavy atom. The molecule has 0 saturated heterocycles. The molecule has 0 saturated carbocycles. The molecule has 0 fully saturated rings. The third-order valence-corrected chi connectivity index (χ3v) is 0. The maximum absolute atomic E-state index is 9.00. The summed E-state index contributed by atoms with van der Waals surface area (Å²) >= 11 is 0. The van der Waals surface area contributed by atoms with E-state index in [1.165, 1.54) is 0 Å². The Kier molecular flexibility index (Phi) is 18.3. The van der Waals surface area contributed by atoms with Gasteiger partial charge in [-0.25, -0.2) is 0 Å². The minimum Gasteiger partial charge on any atom is -0.481 e. The molecule has 0 atom stereocenters. The summed E-state index contributed by atoms with van der Waals surface area (Å²) in [5.41, 5.74) is 0. The predicted octanol–water partition coefficient (Wildman–Crippen LogP) is -1.00. The van der Waals surface area contributed by atoms with Crippen LogP contribution < -0.4 is 0 Å². The van der Waals surface area contributed by atoms with Crippen molar-refractivity contribution in [3.05, 3.63) is 0 Å². The van der Waals surface area contributed by atoms with Gasteiger partial charge in [-0.3, -0.25) is 9.59 Å². The first-order chi connectivity index (χ1) is 3.46. The van der Waals surface area contributed by atoms with Crippen molar-refractivity contribution in [3.8, 4) is 0 Å². The third-order valence-electron chi connectivity index (χ3n) is 0. The summed E-state index contributed by atoms with van der Waals surface area (Å²) in [6.45, 7) is 2.17. The van der Waals surface area contributed by atoms with Crippen molar-refractivity contribution >= 4 is 29.3 Å².